The summed E-state index contributed by atoms with van der Waals surface area (Å²) < 4.78 is 45.1. The molecule has 0 aliphatic carbocycles. The first-order valence-electron chi connectivity index (χ1n) is 9.85. The average Bonchev–Trinajstić information content (AvgIpc) is 2.79. The first-order valence-corrected chi connectivity index (χ1v) is 11.3. The lowest BCUT2D eigenvalue weighted by Gasteiger charge is -2.30. The van der Waals surface area contributed by atoms with Crippen molar-refractivity contribution < 1.29 is 27.4 Å². The Balaban J connectivity index is 1.58. The van der Waals surface area contributed by atoms with Crippen LogP contribution in [0.5, 0.6) is 11.5 Å². The Bertz CT molecular complexity index is 990. The van der Waals surface area contributed by atoms with Crippen LogP contribution in [0.4, 0.5) is 0 Å². The van der Waals surface area contributed by atoms with Gasteiger partial charge in [-0.25, -0.2) is 8.42 Å². The molecule has 1 unspecified atom stereocenters. The summed E-state index contributed by atoms with van der Waals surface area (Å²) in [5, 5.41) is 0. The van der Waals surface area contributed by atoms with E-state index >= 15 is 0 Å². The molecule has 1 saturated heterocycles. The van der Waals surface area contributed by atoms with E-state index in [0.717, 1.165) is 5.56 Å². The Morgan fingerprint density at radius 3 is 2.40 bits per heavy atom. The van der Waals surface area contributed by atoms with Gasteiger partial charge in [-0.1, -0.05) is 30.3 Å². The number of rotatable bonds is 6. The van der Waals surface area contributed by atoms with Gasteiger partial charge in [0.25, 0.3) is 0 Å². The van der Waals surface area contributed by atoms with Crippen molar-refractivity contribution in [2.75, 3.05) is 39.5 Å². The molecule has 160 valence electrons. The zero-order chi connectivity index (χ0) is 21.0. The Hall–Kier alpha value is -2.62. The van der Waals surface area contributed by atoms with Crippen molar-refractivity contribution in [1.82, 2.24) is 9.62 Å². The molecular weight excluding hydrogens is 408 g/mol. The molecule has 1 atom stereocenters. The van der Waals surface area contributed by atoms with Crippen LogP contribution in [0.3, 0.4) is 0 Å². The molecule has 2 aromatic rings. The number of amides is 1. The van der Waals surface area contributed by atoms with E-state index in [-0.39, 0.29) is 17.2 Å². The first kappa shape index (κ1) is 20.6. The molecule has 2 aromatic carbocycles. The zero-order valence-corrected chi connectivity index (χ0v) is 17.3. The van der Waals surface area contributed by atoms with Gasteiger partial charge >= 0.3 is 0 Å². The summed E-state index contributed by atoms with van der Waals surface area (Å²) in [6.07, 6.45) is 0.251. The number of carbonyl (C=O) groups is 1. The van der Waals surface area contributed by atoms with Gasteiger partial charge in [-0.2, -0.15) is 4.72 Å². The molecule has 2 aliphatic heterocycles. The van der Waals surface area contributed by atoms with Crippen LogP contribution in [0.2, 0.25) is 0 Å². The van der Waals surface area contributed by atoms with Gasteiger partial charge in [0.1, 0.15) is 19.3 Å². The van der Waals surface area contributed by atoms with Gasteiger partial charge < -0.3 is 19.1 Å². The summed E-state index contributed by atoms with van der Waals surface area (Å²) in [4.78, 5) is 14.8. The average molecular weight is 432 g/mol. The van der Waals surface area contributed by atoms with Gasteiger partial charge in [0.05, 0.1) is 18.1 Å². The predicted octanol–water partition coefficient (Wildman–Crippen LogP) is 1.21. The number of hydrogen-bond acceptors (Lipinski definition) is 6. The Morgan fingerprint density at radius 1 is 0.967 bits per heavy atom. The smallest absolute Gasteiger partial charge is 0.241 e. The van der Waals surface area contributed by atoms with E-state index in [0.29, 0.717) is 51.0 Å². The molecule has 2 heterocycles. The lowest BCUT2D eigenvalue weighted by atomic mass is 10.1. The van der Waals surface area contributed by atoms with E-state index < -0.39 is 16.1 Å². The summed E-state index contributed by atoms with van der Waals surface area (Å²) in [6, 6.07) is 12.9. The second kappa shape index (κ2) is 9.03. The lowest BCUT2D eigenvalue weighted by Crippen LogP contribution is -2.52. The van der Waals surface area contributed by atoms with Crippen LogP contribution < -0.4 is 14.2 Å². The van der Waals surface area contributed by atoms with Crippen molar-refractivity contribution in [3.8, 4) is 11.5 Å². The van der Waals surface area contributed by atoms with E-state index in [1.54, 1.807) is 11.0 Å². The van der Waals surface area contributed by atoms with Crippen molar-refractivity contribution in [1.29, 1.82) is 0 Å². The van der Waals surface area contributed by atoms with Crippen LogP contribution in [0.1, 0.15) is 5.56 Å². The van der Waals surface area contributed by atoms with Crippen LogP contribution >= 0.6 is 0 Å². The molecule has 0 bridgehead atoms. The van der Waals surface area contributed by atoms with Gasteiger partial charge in [0, 0.05) is 19.2 Å². The topological polar surface area (TPSA) is 94.2 Å². The van der Waals surface area contributed by atoms with Crippen molar-refractivity contribution in [2.45, 2.75) is 17.4 Å². The Morgan fingerprint density at radius 2 is 1.67 bits per heavy atom. The maximum atomic E-state index is 13.1. The molecule has 8 nitrogen and oxygen atoms in total. The lowest BCUT2D eigenvalue weighted by molar-refractivity contribution is -0.137. The molecule has 1 amide bonds. The van der Waals surface area contributed by atoms with Gasteiger partial charge in [-0.3, -0.25) is 4.79 Å². The number of nitrogens with one attached hydrogen (secondary N) is 1. The van der Waals surface area contributed by atoms with E-state index in [9.17, 15) is 13.2 Å². The quantitative estimate of drug-likeness (QED) is 0.737. The minimum Gasteiger partial charge on any atom is -0.486 e. The minimum absolute atomic E-state index is 0.0274. The molecule has 0 radical (unpaired) electrons. The maximum absolute atomic E-state index is 13.1. The van der Waals surface area contributed by atoms with Crippen molar-refractivity contribution in [3.05, 3.63) is 54.1 Å². The second-order valence-electron chi connectivity index (χ2n) is 7.11. The van der Waals surface area contributed by atoms with Crippen LogP contribution in [0, 0.1) is 0 Å². The molecule has 4 rings (SSSR count). The summed E-state index contributed by atoms with van der Waals surface area (Å²) in [6.45, 7) is 2.55. The fourth-order valence-corrected chi connectivity index (χ4v) is 4.68. The second-order valence-corrected chi connectivity index (χ2v) is 8.82. The van der Waals surface area contributed by atoms with Crippen LogP contribution in [0.25, 0.3) is 0 Å². The zero-order valence-electron chi connectivity index (χ0n) is 16.5. The number of benzene rings is 2. The van der Waals surface area contributed by atoms with E-state index in [2.05, 4.69) is 4.72 Å². The number of fused-ring (bicyclic) bond motifs is 1. The molecule has 1 N–H and O–H groups in total. The highest BCUT2D eigenvalue weighted by molar-refractivity contribution is 7.89. The number of ether oxygens (including phenoxy) is 3. The molecule has 2 aliphatic rings. The number of hydrogen-bond donors (Lipinski definition) is 1. The molecule has 0 spiro atoms. The third-order valence-corrected chi connectivity index (χ3v) is 6.49. The number of sulfonamides is 1. The van der Waals surface area contributed by atoms with Crippen LogP contribution in [0.15, 0.2) is 53.4 Å². The normalized spacial score (nSPS) is 17.4. The largest absolute Gasteiger partial charge is 0.486 e. The SMILES string of the molecule is O=C(C(Cc1ccccc1)NS(=O)(=O)c1ccc2c(c1)OCCO2)N1CCOCC1. The highest BCUT2D eigenvalue weighted by Crippen LogP contribution is 2.32. The maximum Gasteiger partial charge on any atom is 0.241 e. The summed E-state index contributed by atoms with van der Waals surface area (Å²) in [5.74, 6) is 0.622. The van der Waals surface area contributed by atoms with Crippen molar-refractivity contribution in [2.24, 2.45) is 0 Å². The molecule has 0 saturated carbocycles. The Kier molecular flexibility index (Phi) is 6.21. The fourth-order valence-electron chi connectivity index (χ4n) is 3.48. The molecule has 0 aromatic heterocycles. The van der Waals surface area contributed by atoms with Crippen molar-refractivity contribution >= 4 is 15.9 Å². The van der Waals surface area contributed by atoms with Crippen LogP contribution in [-0.4, -0.2) is 64.8 Å². The first-order chi connectivity index (χ1) is 14.5. The van der Waals surface area contributed by atoms with Gasteiger partial charge in [0.15, 0.2) is 11.5 Å². The summed E-state index contributed by atoms with van der Waals surface area (Å²) >= 11 is 0. The van der Waals surface area contributed by atoms with Crippen LogP contribution in [-0.2, 0) is 26.0 Å². The molecule has 30 heavy (non-hydrogen) atoms. The summed E-state index contributed by atoms with van der Waals surface area (Å²) in [5.41, 5.74) is 0.869. The fraction of sp³-hybridized carbons (Fsp3) is 0.381. The van der Waals surface area contributed by atoms with Gasteiger partial charge in [0.2, 0.25) is 15.9 Å². The standard InChI is InChI=1S/C21H24N2O6S/c24-21(23-8-10-27-11-9-23)18(14-16-4-2-1-3-5-16)22-30(25,26)17-6-7-19-20(15-17)29-13-12-28-19/h1-7,15,18,22H,8-14H2. The third kappa shape index (κ3) is 4.75. The monoisotopic (exact) mass is 432 g/mol. The van der Waals surface area contributed by atoms with E-state index in [4.69, 9.17) is 14.2 Å². The predicted molar refractivity (Wildman–Crippen MR) is 109 cm³/mol. The van der Waals surface area contributed by atoms with Crippen molar-refractivity contribution in [3.63, 3.8) is 0 Å². The molecular formula is C21H24N2O6S. The highest BCUT2D eigenvalue weighted by atomic mass is 32.2. The van der Waals surface area contributed by atoms with E-state index in [1.807, 2.05) is 30.3 Å². The number of nitrogens with zero attached hydrogens (tertiary/aromatic N) is 1. The number of morpholine rings is 1. The highest BCUT2D eigenvalue weighted by Gasteiger charge is 2.31. The van der Waals surface area contributed by atoms with Gasteiger partial charge in [-0.05, 0) is 24.1 Å². The van der Waals surface area contributed by atoms with E-state index in [1.165, 1.54) is 12.1 Å². The minimum atomic E-state index is -3.96. The van der Waals surface area contributed by atoms with Gasteiger partial charge in [-0.15, -0.1) is 0 Å². The molecule has 9 heteroatoms. The molecule has 1 fully saturated rings. The number of carbonyl (C=O) groups excluding carboxylic acids is 1. The third-order valence-electron chi connectivity index (χ3n) is 5.02. The Labute approximate surface area is 175 Å². The summed E-state index contributed by atoms with van der Waals surface area (Å²) in [7, 11) is -3.96.